The molecular weight excluding hydrogens is 184 g/mol. The second-order valence-electron chi connectivity index (χ2n) is 2.86. The van der Waals surface area contributed by atoms with Crippen LogP contribution in [0.5, 0.6) is 0 Å². The summed E-state index contributed by atoms with van der Waals surface area (Å²) in [6.45, 7) is 4.13. The number of nitrogens with one attached hydrogen (secondary N) is 1. The molecule has 1 N–H and O–H groups in total. The van der Waals surface area contributed by atoms with Crippen LogP contribution in [0.1, 0.15) is 37.2 Å². The van der Waals surface area contributed by atoms with Gasteiger partial charge in [0.1, 0.15) is 5.69 Å². The van der Waals surface area contributed by atoms with E-state index in [1.165, 1.54) is 11.3 Å². The van der Waals surface area contributed by atoms with E-state index < -0.39 is 0 Å². The molecule has 0 unspecified atom stereocenters. The van der Waals surface area contributed by atoms with Crippen molar-refractivity contribution in [2.45, 2.75) is 32.7 Å². The topological polar surface area (TPSA) is 42.0 Å². The van der Waals surface area contributed by atoms with Gasteiger partial charge in [-0.2, -0.15) is 0 Å². The zero-order valence-corrected chi connectivity index (χ0v) is 8.73. The minimum absolute atomic E-state index is 0.0602. The molecular formula is C9H14N2OS. The van der Waals surface area contributed by atoms with Crippen molar-refractivity contribution in [3.8, 4) is 0 Å². The maximum absolute atomic E-state index is 11.5. The first kappa shape index (κ1) is 10.2. The quantitative estimate of drug-likeness (QED) is 0.804. The van der Waals surface area contributed by atoms with Gasteiger partial charge in [-0.1, -0.05) is 13.8 Å². The summed E-state index contributed by atoms with van der Waals surface area (Å²) >= 11 is 1.44. The second-order valence-corrected chi connectivity index (χ2v) is 3.58. The van der Waals surface area contributed by atoms with E-state index in [0.717, 1.165) is 12.8 Å². The van der Waals surface area contributed by atoms with Crippen LogP contribution in [0.2, 0.25) is 0 Å². The third kappa shape index (κ3) is 2.81. The molecule has 1 heterocycles. The van der Waals surface area contributed by atoms with Crippen molar-refractivity contribution in [1.82, 2.24) is 10.3 Å². The first-order valence-corrected chi connectivity index (χ1v) is 5.41. The monoisotopic (exact) mass is 198 g/mol. The average molecular weight is 198 g/mol. The summed E-state index contributed by atoms with van der Waals surface area (Å²) in [4.78, 5) is 15.4. The summed E-state index contributed by atoms with van der Waals surface area (Å²) in [5.41, 5.74) is 2.19. The Labute approximate surface area is 82.2 Å². The fourth-order valence-electron chi connectivity index (χ4n) is 1.08. The SMILES string of the molecule is CCC(CC)NC(=O)c1cscn1. The highest BCUT2D eigenvalue weighted by Gasteiger charge is 2.11. The maximum atomic E-state index is 11.5. The van der Waals surface area contributed by atoms with Gasteiger partial charge >= 0.3 is 0 Å². The first-order valence-electron chi connectivity index (χ1n) is 4.47. The summed E-state index contributed by atoms with van der Waals surface area (Å²) in [7, 11) is 0. The van der Waals surface area contributed by atoms with E-state index in [-0.39, 0.29) is 11.9 Å². The Morgan fingerprint density at radius 3 is 2.77 bits per heavy atom. The Hall–Kier alpha value is -0.900. The Morgan fingerprint density at radius 1 is 1.62 bits per heavy atom. The first-order chi connectivity index (χ1) is 6.27. The van der Waals surface area contributed by atoms with Crippen LogP contribution >= 0.6 is 11.3 Å². The van der Waals surface area contributed by atoms with Gasteiger partial charge in [0.15, 0.2) is 0 Å². The summed E-state index contributed by atoms with van der Waals surface area (Å²) in [6, 6.07) is 0.272. The molecule has 0 aliphatic rings. The fourth-order valence-corrected chi connectivity index (χ4v) is 1.61. The number of hydrogen-bond donors (Lipinski definition) is 1. The molecule has 0 aromatic carbocycles. The minimum Gasteiger partial charge on any atom is -0.348 e. The highest BCUT2D eigenvalue weighted by Crippen LogP contribution is 2.03. The van der Waals surface area contributed by atoms with Gasteiger partial charge in [0, 0.05) is 11.4 Å². The van der Waals surface area contributed by atoms with Gasteiger partial charge in [-0.25, -0.2) is 4.98 Å². The van der Waals surface area contributed by atoms with Crippen LogP contribution in [0.25, 0.3) is 0 Å². The summed E-state index contributed by atoms with van der Waals surface area (Å²) in [5.74, 6) is -0.0602. The third-order valence-corrected chi connectivity index (χ3v) is 2.57. The number of thiazole rings is 1. The van der Waals surface area contributed by atoms with Crippen molar-refractivity contribution in [3.63, 3.8) is 0 Å². The maximum Gasteiger partial charge on any atom is 0.270 e. The standard InChI is InChI=1S/C9H14N2OS/c1-3-7(4-2)11-9(12)8-5-13-6-10-8/h5-7H,3-4H2,1-2H3,(H,11,12). The van der Waals surface area contributed by atoms with Gasteiger partial charge in [-0.15, -0.1) is 11.3 Å². The van der Waals surface area contributed by atoms with E-state index in [1.54, 1.807) is 10.9 Å². The summed E-state index contributed by atoms with van der Waals surface area (Å²) in [5, 5.41) is 4.69. The van der Waals surface area contributed by atoms with Crippen molar-refractivity contribution in [3.05, 3.63) is 16.6 Å². The van der Waals surface area contributed by atoms with Crippen LogP contribution in [0.4, 0.5) is 0 Å². The highest BCUT2D eigenvalue weighted by molar-refractivity contribution is 7.07. The number of rotatable bonds is 4. The van der Waals surface area contributed by atoms with Crippen molar-refractivity contribution in [2.24, 2.45) is 0 Å². The van der Waals surface area contributed by atoms with Crippen LogP contribution in [-0.2, 0) is 0 Å². The zero-order chi connectivity index (χ0) is 9.68. The van der Waals surface area contributed by atoms with E-state index >= 15 is 0 Å². The predicted molar refractivity (Wildman–Crippen MR) is 54.0 cm³/mol. The average Bonchev–Trinajstić information content (AvgIpc) is 2.66. The summed E-state index contributed by atoms with van der Waals surface area (Å²) < 4.78 is 0. The number of nitrogens with zero attached hydrogens (tertiary/aromatic N) is 1. The van der Waals surface area contributed by atoms with Crippen molar-refractivity contribution >= 4 is 17.2 Å². The molecule has 1 amide bonds. The summed E-state index contributed by atoms with van der Waals surface area (Å²) in [6.07, 6.45) is 1.93. The third-order valence-electron chi connectivity index (χ3n) is 1.99. The van der Waals surface area contributed by atoms with Gasteiger partial charge in [0.05, 0.1) is 5.51 Å². The van der Waals surface area contributed by atoms with Gasteiger partial charge < -0.3 is 5.32 Å². The van der Waals surface area contributed by atoms with Crippen LogP contribution in [0, 0.1) is 0 Å². The van der Waals surface area contributed by atoms with Crippen molar-refractivity contribution in [2.75, 3.05) is 0 Å². The number of hydrogen-bond acceptors (Lipinski definition) is 3. The largest absolute Gasteiger partial charge is 0.348 e. The molecule has 0 fully saturated rings. The molecule has 0 aliphatic carbocycles. The molecule has 0 radical (unpaired) electrons. The van der Waals surface area contributed by atoms with E-state index in [2.05, 4.69) is 24.1 Å². The molecule has 1 rings (SSSR count). The lowest BCUT2D eigenvalue weighted by Gasteiger charge is -2.13. The fraction of sp³-hybridized carbons (Fsp3) is 0.556. The Kier molecular flexibility index (Phi) is 3.89. The number of aromatic nitrogens is 1. The Balaban J connectivity index is 2.50. The van der Waals surface area contributed by atoms with E-state index in [0.29, 0.717) is 5.69 Å². The highest BCUT2D eigenvalue weighted by atomic mass is 32.1. The smallest absolute Gasteiger partial charge is 0.270 e. The van der Waals surface area contributed by atoms with Crippen molar-refractivity contribution in [1.29, 1.82) is 0 Å². The molecule has 1 aromatic rings. The Bertz CT molecular complexity index is 255. The minimum atomic E-state index is -0.0602. The van der Waals surface area contributed by atoms with E-state index in [1.807, 2.05) is 0 Å². The van der Waals surface area contributed by atoms with Crippen LogP contribution in [0.3, 0.4) is 0 Å². The van der Waals surface area contributed by atoms with Gasteiger partial charge in [0.25, 0.3) is 5.91 Å². The molecule has 0 bridgehead atoms. The second kappa shape index (κ2) is 4.97. The molecule has 72 valence electrons. The van der Waals surface area contributed by atoms with E-state index in [9.17, 15) is 4.79 Å². The van der Waals surface area contributed by atoms with Gasteiger partial charge in [0.2, 0.25) is 0 Å². The lowest BCUT2D eigenvalue weighted by atomic mass is 10.2. The number of amides is 1. The molecule has 0 saturated carbocycles. The molecule has 0 aliphatic heterocycles. The van der Waals surface area contributed by atoms with Crippen LogP contribution < -0.4 is 5.32 Å². The van der Waals surface area contributed by atoms with Crippen molar-refractivity contribution < 1.29 is 4.79 Å². The van der Waals surface area contributed by atoms with Crippen LogP contribution in [-0.4, -0.2) is 16.9 Å². The molecule has 0 atom stereocenters. The zero-order valence-electron chi connectivity index (χ0n) is 7.91. The Morgan fingerprint density at radius 2 is 2.31 bits per heavy atom. The predicted octanol–water partition coefficient (Wildman–Crippen LogP) is 2.06. The lowest BCUT2D eigenvalue weighted by Crippen LogP contribution is -2.33. The molecule has 13 heavy (non-hydrogen) atoms. The number of carbonyl (C=O) groups excluding carboxylic acids is 1. The van der Waals surface area contributed by atoms with Gasteiger partial charge in [-0.05, 0) is 12.8 Å². The number of carbonyl (C=O) groups is 1. The van der Waals surface area contributed by atoms with E-state index in [4.69, 9.17) is 0 Å². The molecule has 0 spiro atoms. The van der Waals surface area contributed by atoms with Crippen LogP contribution in [0.15, 0.2) is 10.9 Å². The molecule has 0 saturated heterocycles. The molecule has 3 nitrogen and oxygen atoms in total. The lowest BCUT2D eigenvalue weighted by molar-refractivity contribution is 0.0930. The molecule has 4 heteroatoms. The normalized spacial score (nSPS) is 10.4. The molecule has 1 aromatic heterocycles. The van der Waals surface area contributed by atoms with Gasteiger partial charge in [-0.3, -0.25) is 4.79 Å².